The minimum absolute atomic E-state index is 0.00308. The Balaban J connectivity index is 1.38. The van der Waals surface area contributed by atoms with Gasteiger partial charge in [-0.25, -0.2) is 0 Å². The largest absolute Gasteiger partial charge is 0.340 e. The second-order valence-corrected chi connectivity index (χ2v) is 7.33. The third kappa shape index (κ3) is 3.44. The molecule has 4 rings (SSSR count). The first-order chi connectivity index (χ1) is 12.6. The Morgan fingerprint density at radius 3 is 2.42 bits per heavy atom. The zero-order valence-electron chi connectivity index (χ0n) is 15.1. The van der Waals surface area contributed by atoms with Crippen molar-refractivity contribution in [3.05, 3.63) is 42.5 Å². The van der Waals surface area contributed by atoms with Crippen LogP contribution >= 0.6 is 0 Å². The molecule has 0 spiro atoms. The van der Waals surface area contributed by atoms with Crippen LogP contribution in [-0.2, 0) is 9.59 Å². The smallest absolute Gasteiger partial charge is 0.241 e. The Labute approximate surface area is 154 Å². The second kappa shape index (κ2) is 7.08. The van der Waals surface area contributed by atoms with Crippen molar-refractivity contribution < 1.29 is 9.59 Å². The lowest BCUT2D eigenvalue weighted by atomic mass is 10.1. The molecule has 136 valence electrons. The predicted octanol–water partition coefficient (Wildman–Crippen LogP) is 2.72. The monoisotopic (exact) mass is 351 g/mol. The van der Waals surface area contributed by atoms with Crippen molar-refractivity contribution >= 4 is 28.3 Å². The number of anilines is 1. The van der Waals surface area contributed by atoms with Gasteiger partial charge in [-0.3, -0.25) is 14.5 Å². The summed E-state index contributed by atoms with van der Waals surface area (Å²) in [5, 5.41) is 5.25. The average Bonchev–Trinajstić information content (AvgIpc) is 3.52. The van der Waals surface area contributed by atoms with Gasteiger partial charge in [-0.15, -0.1) is 0 Å². The van der Waals surface area contributed by atoms with E-state index in [2.05, 4.69) is 10.2 Å². The van der Waals surface area contributed by atoms with Crippen LogP contribution in [0.1, 0.15) is 19.8 Å². The maximum atomic E-state index is 12.8. The summed E-state index contributed by atoms with van der Waals surface area (Å²) in [6.45, 7) is 4.90. The van der Waals surface area contributed by atoms with Gasteiger partial charge >= 0.3 is 0 Å². The molecule has 1 atom stereocenters. The van der Waals surface area contributed by atoms with Crippen molar-refractivity contribution in [1.29, 1.82) is 0 Å². The van der Waals surface area contributed by atoms with Gasteiger partial charge in [0.2, 0.25) is 11.8 Å². The van der Waals surface area contributed by atoms with Crippen molar-refractivity contribution in [2.45, 2.75) is 25.8 Å². The zero-order valence-corrected chi connectivity index (χ0v) is 15.1. The third-order valence-corrected chi connectivity index (χ3v) is 5.53. The highest BCUT2D eigenvalue weighted by molar-refractivity contribution is 6.03. The minimum Gasteiger partial charge on any atom is -0.340 e. The summed E-state index contributed by atoms with van der Waals surface area (Å²) in [6.07, 6.45) is 2.09. The van der Waals surface area contributed by atoms with E-state index < -0.39 is 0 Å². The van der Waals surface area contributed by atoms with Gasteiger partial charge in [-0.1, -0.05) is 36.4 Å². The minimum atomic E-state index is -0.216. The SMILES string of the molecule is CC(C(=O)Nc1cccc2ccccc12)N1CCN(C(=O)C2CC2)CC1. The van der Waals surface area contributed by atoms with E-state index in [0.29, 0.717) is 5.91 Å². The molecule has 5 heteroatoms. The third-order valence-electron chi connectivity index (χ3n) is 5.53. The van der Waals surface area contributed by atoms with E-state index in [0.717, 1.165) is 55.5 Å². The Kier molecular flexibility index (Phi) is 4.64. The zero-order chi connectivity index (χ0) is 18.1. The molecule has 5 nitrogen and oxygen atoms in total. The van der Waals surface area contributed by atoms with Crippen molar-refractivity contribution in [3.63, 3.8) is 0 Å². The molecule has 26 heavy (non-hydrogen) atoms. The normalized spacial score (nSPS) is 19.3. The van der Waals surface area contributed by atoms with Gasteiger partial charge in [0.15, 0.2) is 0 Å². The number of amides is 2. The summed E-state index contributed by atoms with van der Waals surface area (Å²) in [5.74, 6) is 0.578. The first kappa shape index (κ1) is 17.0. The summed E-state index contributed by atoms with van der Waals surface area (Å²) in [4.78, 5) is 29.0. The van der Waals surface area contributed by atoms with E-state index in [1.165, 1.54) is 0 Å². The van der Waals surface area contributed by atoms with E-state index >= 15 is 0 Å². The molecular formula is C21H25N3O2. The Morgan fingerprint density at radius 1 is 1.00 bits per heavy atom. The van der Waals surface area contributed by atoms with Crippen LogP contribution in [0.15, 0.2) is 42.5 Å². The summed E-state index contributed by atoms with van der Waals surface area (Å²) in [6, 6.07) is 13.8. The number of benzene rings is 2. The molecule has 2 aromatic carbocycles. The molecule has 2 amide bonds. The topological polar surface area (TPSA) is 52.7 Å². The van der Waals surface area contributed by atoms with E-state index in [-0.39, 0.29) is 17.9 Å². The van der Waals surface area contributed by atoms with Gasteiger partial charge in [-0.05, 0) is 31.2 Å². The lowest BCUT2D eigenvalue weighted by Gasteiger charge is -2.37. The Morgan fingerprint density at radius 2 is 1.69 bits per heavy atom. The first-order valence-electron chi connectivity index (χ1n) is 9.45. The number of fused-ring (bicyclic) bond motifs is 1. The van der Waals surface area contributed by atoms with Gasteiger partial charge in [0.05, 0.1) is 6.04 Å². The standard InChI is InChI=1S/C21H25N3O2/c1-15(23-11-13-24(14-12-23)21(26)17-9-10-17)20(25)22-19-8-4-6-16-5-2-3-7-18(16)19/h2-8,15,17H,9-14H2,1H3,(H,22,25). The Bertz CT molecular complexity index is 818. The maximum absolute atomic E-state index is 12.8. The molecule has 1 heterocycles. The number of hydrogen-bond donors (Lipinski definition) is 1. The lowest BCUT2D eigenvalue weighted by Crippen LogP contribution is -2.54. The number of hydrogen-bond acceptors (Lipinski definition) is 3. The molecule has 1 aliphatic heterocycles. The number of nitrogens with one attached hydrogen (secondary N) is 1. The average molecular weight is 351 g/mol. The number of carbonyl (C=O) groups is 2. The van der Waals surface area contributed by atoms with Crippen LogP contribution in [-0.4, -0.2) is 53.8 Å². The van der Waals surface area contributed by atoms with Gasteiger partial charge < -0.3 is 10.2 Å². The van der Waals surface area contributed by atoms with E-state index in [1.807, 2.05) is 54.3 Å². The van der Waals surface area contributed by atoms with Crippen LogP contribution in [0.2, 0.25) is 0 Å². The molecule has 0 aromatic heterocycles. The van der Waals surface area contributed by atoms with Gasteiger partial charge in [-0.2, -0.15) is 0 Å². The molecule has 1 unspecified atom stereocenters. The van der Waals surface area contributed by atoms with E-state index in [9.17, 15) is 9.59 Å². The molecule has 2 aromatic rings. The van der Waals surface area contributed by atoms with Crippen molar-refractivity contribution in [2.24, 2.45) is 5.92 Å². The fraction of sp³-hybridized carbons (Fsp3) is 0.429. The predicted molar refractivity (Wildman–Crippen MR) is 103 cm³/mol. The highest BCUT2D eigenvalue weighted by Crippen LogP contribution is 2.31. The second-order valence-electron chi connectivity index (χ2n) is 7.33. The summed E-state index contributed by atoms with van der Waals surface area (Å²) < 4.78 is 0. The molecule has 2 aliphatic rings. The number of piperazine rings is 1. The first-order valence-corrected chi connectivity index (χ1v) is 9.45. The van der Waals surface area contributed by atoms with Crippen molar-refractivity contribution in [1.82, 2.24) is 9.80 Å². The lowest BCUT2D eigenvalue weighted by molar-refractivity contribution is -0.135. The molecule has 1 N–H and O–H groups in total. The van der Waals surface area contributed by atoms with Crippen LogP contribution < -0.4 is 5.32 Å². The number of rotatable bonds is 4. The molecular weight excluding hydrogens is 326 g/mol. The highest BCUT2D eigenvalue weighted by atomic mass is 16.2. The van der Waals surface area contributed by atoms with Crippen LogP contribution in [0, 0.1) is 5.92 Å². The van der Waals surface area contributed by atoms with Gasteiger partial charge in [0.25, 0.3) is 0 Å². The van der Waals surface area contributed by atoms with Crippen LogP contribution in [0.4, 0.5) is 5.69 Å². The molecule has 1 aliphatic carbocycles. The van der Waals surface area contributed by atoms with Crippen LogP contribution in [0.25, 0.3) is 10.8 Å². The summed E-state index contributed by atoms with van der Waals surface area (Å²) in [7, 11) is 0. The highest BCUT2D eigenvalue weighted by Gasteiger charge is 2.35. The quantitative estimate of drug-likeness (QED) is 0.921. The molecule has 1 saturated carbocycles. The van der Waals surface area contributed by atoms with E-state index in [4.69, 9.17) is 0 Å². The van der Waals surface area contributed by atoms with Gasteiger partial charge in [0.1, 0.15) is 0 Å². The number of nitrogens with zero attached hydrogens (tertiary/aromatic N) is 2. The van der Waals surface area contributed by atoms with E-state index in [1.54, 1.807) is 0 Å². The Hall–Kier alpha value is -2.40. The van der Waals surface area contributed by atoms with Crippen LogP contribution in [0.5, 0.6) is 0 Å². The fourth-order valence-corrected chi connectivity index (χ4v) is 3.66. The molecule has 0 radical (unpaired) electrons. The van der Waals surface area contributed by atoms with Crippen molar-refractivity contribution in [3.8, 4) is 0 Å². The van der Waals surface area contributed by atoms with Gasteiger partial charge in [0, 0.05) is 43.2 Å². The van der Waals surface area contributed by atoms with Crippen molar-refractivity contribution in [2.75, 3.05) is 31.5 Å². The molecule has 0 bridgehead atoms. The summed E-state index contributed by atoms with van der Waals surface area (Å²) >= 11 is 0. The fourth-order valence-electron chi connectivity index (χ4n) is 3.66. The summed E-state index contributed by atoms with van der Waals surface area (Å²) in [5.41, 5.74) is 0.850. The number of carbonyl (C=O) groups excluding carboxylic acids is 2. The molecule has 1 saturated heterocycles. The molecule has 2 fully saturated rings. The maximum Gasteiger partial charge on any atom is 0.241 e. The van der Waals surface area contributed by atoms with Crippen LogP contribution in [0.3, 0.4) is 0 Å².